The van der Waals surface area contributed by atoms with Crippen molar-refractivity contribution in [2.75, 3.05) is 7.11 Å². The molecule has 4 nitrogen and oxygen atoms in total. The Hall–Kier alpha value is -3.77. The first-order chi connectivity index (χ1) is 16.6. The quantitative estimate of drug-likeness (QED) is 0.211. The van der Waals surface area contributed by atoms with Crippen molar-refractivity contribution in [3.05, 3.63) is 135 Å². The van der Waals surface area contributed by atoms with Gasteiger partial charge in [-0.15, -0.1) is 0 Å². The summed E-state index contributed by atoms with van der Waals surface area (Å²) in [7, 11) is 1.34. The maximum atomic E-state index is 15.8. The van der Waals surface area contributed by atoms with Crippen LogP contribution in [0.5, 0.6) is 0 Å². The number of nitrogens with zero attached hydrogens (tertiary/aromatic N) is 1. The van der Waals surface area contributed by atoms with E-state index in [9.17, 15) is 4.79 Å². The highest BCUT2D eigenvalue weighted by atomic mass is 79.9. The summed E-state index contributed by atoms with van der Waals surface area (Å²) >= 11 is 3.56. The second kappa shape index (κ2) is 8.88. The molecule has 168 valence electrons. The molecular weight excluding hydrogens is 495 g/mol. The molecular formula is C28H20BrFN2O2. The first kappa shape index (κ1) is 22.0. The number of hydrogen-bond donors (Lipinski definition) is 1. The number of benzene rings is 4. The number of methoxy groups -OCH3 is 1. The molecule has 1 heterocycles. The van der Waals surface area contributed by atoms with Crippen molar-refractivity contribution >= 4 is 32.8 Å². The van der Waals surface area contributed by atoms with Gasteiger partial charge in [0.1, 0.15) is 10.4 Å². The normalized spacial score (nSPS) is 11.5. The lowest BCUT2D eigenvalue weighted by atomic mass is 9.63. The van der Waals surface area contributed by atoms with Crippen LogP contribution in [-0.2, 0) is 10.2 Å². The molecule has 5 rings (SSSR count). The summed E-state index contributed by atoms with van der Waals surface area (Å²) in [4.78, 5) is 13.2. The summed E-state index contributed by atoms with van der Waals surface area (Å²) in [6.07, 6.45) is 0. The fourth-order valence-electron chi connectivity index (χ4n) is 4.79. The topological polar surface area (TPSA) is 55.0 Å². The molecule has 0 fully saturated rings. The Morgan fingerprint density at radius 3 is 2.06 bits per heavy atom. The van der Waals surface area contributed by atoms with Gasteiger partial charge in [0.05, 0.1) is 23.6 Å². The molecule has 0 unspecified atom stereocenters. The number of hydrogen-bond acceptors (Lipinski definition) is 3. The van der Waals surface area contributed by atoms with Crippen molar-refractivity contribution in [1.29, 1.82) is 0 Å². The molecule has 5 aromatic rings. The van der Waals surface area contributed by atoms with Gasteiger partial charge in [-0.25, -0.2) is 9.18 Å². The number of rotatable bonds is 5. The van der Waals surface area contributed by atoms with E-state index in [0.29, 0.717) is 32.2 Å². The largest absolute Gasteiger partial charge is 0.465 e. The number of nitrogens with one attached hydrogen (secondary N) is 1. The first-order valence-corrected chi connectivity index (χ1v) is 11.5. The molecule has 0 bridgehead atoms. The molecule has 1 N–H and O–H groups in total. The third-order valence-electron chi connectivity index (χ3n) is 6.16. The molecule has 0 aliphatic carbocycles. The van der Waals surface area contributed by atoms with Gasteiger partial charge in [0.15, 0.2) is 0 Å². The van der Waals surface area contributed by atoms with Crippen LogP contribution in [0.2, 0.25) is 0 Å². The Kier molecular flexibility index (Phi) is 5.75. The van der Waals surface area contributed by atoms with Gasteiger partial charge in [-0.1, -0.05) is 78.9 Å². The number of carbonyl (C=O) groups excluding carboxylic acids is 1. The van der Waals surface area contributed by atoms with Crippen LogP contribution in [0, 0.1) is 5.82 Å². The number of carbonyl (C=O) groups is 1. The Labute approximate surface area is 204 Å². The van der Waals surface area contributed by atoms with Gasteiger partial charge >= 0.3 is 5.97 Å². The molecule has 0 amide bonds. The lowest BCUT2D eigenvalue weighted by molar-refractivity contribution is 0.0599. The Bertz CT molecular complexity index is 1440. The van der Waals surface area contributed by atoms with Crippen LogP contribution in [0.15, 0.2) is 102 Å². The number of ether oxygens (including phenoxy) is 1. The third kappa shape index (κ3) is 3.33. The minimum atomic E-state index is -1.19. The highest BCUT2D eigenvalue weighted by molar-refractivity contribution is 9.10. The zero-order valence-electron chi connectivity index (χ0n) is 18.3. The molecule has 0 saturated carbocycles. The zero-order valence-corrected chi connectivity index (χ0v) is 19.8. The second-order valence-corrected chi connectivity index (χ2v) is 8.63. The fourth-order valence-corrected chi connectivity index (χ4v) is 5.29. The van der Waals surface area contributed by atoms with Gasteiger partial charge in [-0.05, 0) is 50.8 Å². The van der Waals surface area contributed by atoms with Crippen LogP contribution >= 0.6 is 15.9 Å². The molecule has 6 heteroatoms. The molecule has 0 atom stereocenters. The van der Waals surface area contributed by atoms with Gasteiger partial charge in [-0.2, -0.15) is 5.10 Å². The summed E-state index contributed by atoms with van der Waals surface area (Å²) in [5, 5.41) is 8.04. The zero-order chi connectivity index (χ0) is 23.7. The van der Waals surface area contributed by atoms with Gasteiger partial charge in [0.25, 0.3) is 0 Å². The first-order valence-electron chi connectivity index (χ1n) is 10.7. The standard InChI is InChI=1S/C28H20BrFN2O2/c1-34-27(33)20-16-17-23-24(26(29)32-31-23)25(20)28(18-10-4-2-5-11-18,19-12-6-3-7-13-19)21-14-8-9-15-22(21)30/h2-17H,1H3,(H,31,32). The van der Waals surface area contributed by atoms with E-state index in [1.165, 1.54) is 13.2 Å². The maximum absolute atomic E-state index is 15.8. The van der Waals surface area contributed by atoms with E-state index in [1.807, 2.05) is 60.7 Å². The van der Waals surface area contributed by atoms with Gasteiger partial charge in [-0.3, -0.25) is 5.10 Å². The van der Waals surface area contributed by atoms with Crippen molar-refractivity contribution in [1.82, 2.24) is 10.2 Å². The Balaban J connectivity index is 2.10. The third-order valence-corrected chi connectivity index (χ3v) is 6.73. The lowest BCUT2D eigenvalue weighted by Gasteiger charge is -2.38. The SMILES string of the molecule is COC(=O)c1ccc2[nH]nc(Br)c2c1C(c1ccccc1)(c1ccccc1)c1ccccc1F. The summed E-state index contributed by atoms with van der Waals surface area (Å²) in [6, 6.07) is 29.4. The van der Waals surface area contributed by atoms with Gasteiger partial charge < -0.3 is 4.74 Å². The Morgan fingerprint density at radius 2 is 1.47 bits per heavy atom. The van der Waals surface area contributed by atoms with Gasteiger partial charge in [0.2, 0.25) is 0 Å². The molecule has 4 aromatic carbocycles. The predicted octanol–water partition coefficient (Wildman–Crippen LogP) is 6.63. The lowest BCUT2D eigenvalue weighted by Crippen LogP contribution is -2.34. The summed E-state index contributed by atoms with van der Waals surface area (Å²) in [5.74, 6) is -0.903. The monoisotopic (exact) mass is 514 g/mol. The van der Waals surface area contributed by atoms with Crippen molar-refractivity contribution in [2.24, 2.45) is 0 Å². The number of halogens is 2. The average Bonchev–Trinajstić information content (AvgIpc) is 3.27. The van der Waals surface area contributed by atoms with E-state index in [-0.39, 0.29) is 5.82 Å². The maximum Gasteiger partial charge on any atom is 0.338 e. The molecule has 0 aliphatic heterocycles. The van der Waals surface area contributed by atoms with E-state index in [4.69, 9.17) is 4.74 Å². The summed E-state index contributed by atoms with van der Waals surface area (Å²) < 4.78 is 21.6. The highest BCUT2D eigenvalue weighted by Gasteiger charge is 2.44. The number of H-pyrrole nitrogens is 1. The number of fused-ring (bicyclic) bond motifs is 1. The number of aromatic amines is 1. The summed E-state index contributed by atoms with van der Waals surface area (Å²) in [5.41, 5.74) is 2.45. The minimum Gasteiger partial charge on any atom is -0.465 e. The van der Waals surface area contributed by atoms with Crippen LogP contribution in [0.1, 0.15) is 32.6 Å². The van der Waals surface area contributed by atoms with Crippen molar-refractivity contribution in [2.45, 2.75) is 5.41 Å². The van der Waals surface area contributed by atoms with E-state index >= 15 is 4.39 Å². The van der Waals surface area contributed by atoms with Crippen molar-refractivity contribution in [3.63, 3.8) is 0 Å². The Morgan fingerprint density at radius 1 is 0.882 bits per heavy atom. The van der Waals surface area contributed by atoms with Crippen molar-refractivity contribution < 1.29 is 13.9 Å². The average molecular weight is 515 g/mol. The van der Waals surface area contributed by atoms with Crippen LogP contribution in [0.3, 0.4) is 0 Å². The van der Waals surface area contributed by atoms with Crippen LogP contribution in [0.4, 0.5) is 4.39 Å². The minimum absolute atomic E-state index is 0.327. The fraction of sp³-hybridized carbons (Fsp3) is 0.0714. The molecule has 0 saturated heterocycles. The second-order valence-electron chi connectivity index (χ2n) is 7.88. The van der Waals surface area contributed by atoms with E-state index in [1.54, 1.807) is 30.3 Å². The summed E-state index contributed by atoms with van der Waals surface area (Å²) in [6.45, 7) is 0. The predicted molar refractivity (Wildman–Crippen MR) is 133 cm³/mol. The van der Waals surface area contributed by atoms with Gasteiger partial charge in [0, 0.05) is 10.9 Å². The van der Waals surface area contributed by atoms with Crippen LogP contribution < -0.4 is 0 Å². The molecule has 1 aromatic heterocycles. The molecule has 0 spiro atoms. The van der Waals surface area contributed by atoms with Crippen LogP contribution in [0.25, 0.3) is 10.9 Å². The van der Waals surface area contributed by atoms with E-state index < -0.39 is 11.4 Å². The van der Waals surface area contributed by atoms with Crippen molar-refractivity contribution in [3.8, 4) is 0 Å². The number of aromatic nitrogens is 2. The molecule has 0 radical (unpaired) electrons. The van der Waals surface area contributed by atoms with E-state index in [0.717, 1.165) is 11.1 Å². The van der Waals surface area contributed by atoms with Crippen LogP contribution in [-0.4, -0.2) is 23.3 Å². The smallest absolute Gasteiger partial charge is 0.338 e. The molecule has 0 aliphatic rings. The molecule has 34 heavy (non-hydrogen) atoms. The number of esters is 1. The van der Waals surface area contributed by atoms with E-state index in [2.05, 4.69) is 26.1 Å². The highest BCUT2D eigenvalue weighted by Crippen LogP contribution is 2.50.